The largest absolute Gasteiger partial charge is 0.353 e. The number of halogens is 1. The Bertz CT molecular complexity index is 576. The Morgan fingerprint density at radius 1 is 1.27 bits per heavy atom. The van der Waals surface area contributed by atoms with E-state index in [1.54, 1.807) is 0 Å². The van der Waals surface area contributed by atoms with Gasteiger partial charge in [0, 0.05) is 24.0 Å². The molecule has 3 rings (SSSR count). The Kier molecular flexibility index (Phi) is 4.67. The van der Waals surface area contributed by atoms with Gasteiger partial charge in [-0.3, -0.25) is 9.59 Å². The van der Waals surface area contributed by atoms with Crippen molar-refractivity contribution in [3.63, 3.8) is 0 Å². The topological polar surface area (TPSA) is 58.2 Å². The second-order valence-corrected chi connectivity index (χ2v) is 6.65. The summed E-state index contributed by atoms with van der Waals surface area (Å²) in [6.07, 6.45) is 4.59. The molecule has 3 unspecified atom stereocenters. The van der Waals surface area contributed by atoms with Crippen LogP contribution < -0.4 is 10.6 Å². The second-order valence-electron chi connectivity index (χ2n) is 6.24. The van der Waals surface area contributed by atoms with Gasteiger partial charge in [0.25, 0.3) is 0 Å². The second kappa shape index (κ2) is 6.69. The summed E-state index contributed by atoms with van der Waals surface area (Å²) in [6.45, 7) is 0.411. The van der Waals surface area contributed by atoms with Crippen LogP contribution in [0.5, 0.6) is 0 Å². The van der Waals surface area contributed by atoms with E-state index in [1.165, 1.54) is 0 Å². The third-order valence-electron chi connectivity index (χ3n) is 4.84. The first kappa shape index (κ1) is 15.3. The lowest BCUT2D eigenvalue weighted by Crippen LogP contribution is -2.54. The van der Waals surface area contributed by atoms with Crippen LogP contribution in [-0.4, -0.2) is 17.9 Å². The molecule has 2 aliphatic rings. The number of fused-ring (bicyclic) bond motifs is 1. The van der Waals surface area contributed by atoms with Crippen LogP contribution in [0.3, 0.4) is 0 Å². The minimum absolute atomic E-state index is 0.000966. The Hall–Kier alpha value is -1.55. The Morgan fingerprint density at radius 3 is 2.86 bits per heavy atom. The number of hydrogen-bond acceptors (Lipinski definition) is 2. The fourth-order valence-corrected chi connectivity index (χ4v) is 3.88. The lowest BCUT2D eigenvalue weighted by atomic mass is 9.72. The maximum atomic E-state index is 12.5. The number of benzene rings is 1. The van der Waals surface area contributed by atoms with Crippen molar-refractivity contribution in [2.75, 3.05) is 0 Å². The summed E-state index contributed by atoms with van der Waals surface area (Å²) in [5, 5.41) is 6.66. The third kappa shape index (κ3) is 3.27. The minimum atomic E-state index is -0.207. The number of amides is 2. The first-order valence-corrected chi connectivity index (χ1v) is 8.33. The summed E-state index contributed by atoms with van der Waals surface area (Å²) >= 11 is 6.11. The average molecular weight is 321 g/mol. The molecule has 4 nitrogen and oxygen atoms in total. The van der Waals surface area contributed by atoms with Crippen molar-refractivity contribution >= 4 is 23.4 Å². The van der Waals surface area contributed by atoms with Gasteiger partial charge in [-0.1, -0.05) is 42.6 Å². The number of hydrogen-bond donors (Lipinski definition) is 2. The molecule has 2 N–H and O–H groups in total. The molecule has 0 radical (unpaired) electrons. The van der Waals surface area contributed by atoms with Gasteiger partial charge in [0.1, 0.15) is 0 Å². The summed E-state index contributed by atoms with van der Waals surface area (Å²) in [4.78, 5) is 24.4. The van der Waals surface area contributed by atoms with Gasteiger partial charge in [0.05, 0.1) is 5.92 Å². The van der Waals surface area contributed by atoms with E-state index >= 15 is 0 Å². The molecule has 1 aliphatic carbocycles. The van der Waals surface area contributed by atoms with Crippen molar-refractivity contribution in [2.24, 2.45) is 11.8 Å². The van der Waals surface area contributed by atoms with Crippen LogP contribution in [0.1, 0.15) is 37.7 Å². The lowest BCUT2D eigenvalue weighted by molar-refractivity contribution is -0.137. The highest BCUT2D eigenvalue weighted by atomic mass is 35.5. The zero-order valence-electron chi connectivity index (χ0n) is 12.5. The van der Waals surface area contributed by atoms with Gasteiger partial charge in [0.2, 0.25) is 11.8 Å². The van der Waals surface area contributed by atoms with Crippen molar-refractivity contribution in [1.82, 2.24) is 10.6 Å². The van der Waals surface area contributed by atoms with Crippen LogP contribution in [0.15, 0.2) is 24.3 Å². The summed E-state index contributed by atoms with van der Waals surface area (Å²) in [5.74, 6) is 0.0481. The maximum absolute atomic E-state index is 12.5. The minimum Gasteiger partial charge on any atom is -0.353 e. The van der Waals surface area contributed by atoms with Crippen molar-refractivity contribution in [2.45, 2.75) is 44.7 Å². The Labute approximate surface area is 135 Å². The fraction of sp³-hybridized carbons (Fsp3) is 0.529. The maximum Gasteiger partial charge on any atom is 0.224 e. The van der Waals surface area contributed by atoms with Crippen LogP contribution in [0.25, 0.3) is 0 Å². The molecule has 1 heterocycles. The highest BCUT2D eigenvalue weighted by Crippen LogP contribution is 2.35. The fourth-order valence-electron chi connectivity index (χ4n) is 3.68. The van der Waals surface area contributed by atoms with Gasteiger partial charge >= 0.3 is 0 Å². The molecule has 0 aromatic heterocycles. The van der Waals surface area contributed by atoms with Gasteiger partial charge in [-0.15, -0.1) is 0 Å². The summed E-state index contributed by atoms with van der Waals surface area (Å²) in [5.41, 5.74) is 0.901. The smallest absolute Gasteiger partial charge is 0.224 e. The van der Waals surface area contributed by atoms with Crippen LogP contribution in [0.4, 0.5) is 0 Å². The van der Waals surface area contributed by atoms with E-state index in [0.717, 1.165) is 31.2 Å². The van der Waals surface area contributed by atoms with E-state index in [0.29, 0.717) is 18.0 Å². The van der Waals surface area contributed by atoms with E-state index in [-0.39, 0.29) is 29.7 Å². The molecular formula is C17H21ClN2O2. The summed E-state index contributed by atoms with van der Waals surface area (Å²) in [7, 11) is 0. The van der Waals surface area contributed by atoms with Gasteiger partial charge in [-0.25, -0.2) is 0 Å². The molecule has 3 atom stereocenters. The molecule has 1 aromatic carbocycles. The number of piperidine rings is 1. The Balaban J connectivity index is 1.65. The molecular weight excluding hydrogens is 300 g/mol. The standard InChI is InChI=1S/C17H21ClN2O2/c18-14-7-3-1-5-11(14)10-19-17(22)13-9-16(21)20-15-8-4-2-6-12(13)15/h1,3,5,7,12-13,15H,2,4,6,8-10H2,(H,19,22)(H,20,21). The highest BCUT2D eigenvalue weighted by molar-refractivity contribution is 6.31. The van der Waals surface area contributed by atoms with Gasteiger partial charge in [-0.2, -0.15) is 0 Å². The van der Waals surface area contributed by atoms with Gasteiger partial charge in [0.15, 0.2) is 0 Å². The third-order valence-corrected chi connectivity index (χ3v) is 5.20. The number of carbonyl (C=O) groups is 2. The zero-order valence-corrected chi connectivity index (χ0v) is 13.2. The van der Waals surface area contributed by atoms with Crippen molar-refractivity contribution < 1.29 is 9.59 Å². The predicted octanol–water partition coefficient (Wildman–Crippen LogP) is 2.65. The van der Waals surface area contributed by atoms with Crippen molar-refractivity contribution in [1.29, 1.82) is 0 Å². The normalized spacial score (nSPS) is 27.7. The van der Waals surface area contributed by atoms with Crippen molar-refractivity contribution in [3.05, 3.63) is 34.9 Å². The molecule has 1 aromatic rings. The molecule has 1 saturated heterocycles. The van der Waals surface area contributed by atoms with Crippen LogP contribution in [0, 0.1) is 11.8 Å². The van der Waals surface area contributed by atoms with Gasteiger partial charge in [-0.05, 0) is 30.4 Å². The average Bonchev–Trinajstić information content (AvgIpc) is 2.53. The monoisotopic (exact) mass is 320 g/mol. The van der Waals surface area contributed by atoms with E-state index in [9.17, 15) is 9.59 Å². The molecule has 5 heteroatoms. The Morgan fingerprint density at radius 2 is 2.05 bits per heavy atom. The van der Waals surface area contributed by atoms with E-state index in [4.69, 9.17) is 11.6 Å². The quantitative estimate of drug-likeness (QED) is 0.899. The summed E-state index contributed by atoms with van der Waals surface area (Å²) in [6, 6.07) is 7.66. The van der Waals surface area contributed by atoms with Crippen LogP contribution >= 0.6 is 11.6 Å². The van der Waals surface area contributed by atoms with Crippen LogP contribution in [-0.2, 0) is 16.1 Å². The SMILES string of the molecule is O=C1CC(C(=O)NCc2ccccc2Cl)C2CCCCC2N1. The predicted molar refractivity (Wildman–Crippen MR) is 85.3 cm³/mol. The number of nitrogens with one attached hydrogen (secondary N) is 2. The van der Waals surface area contributed by atoms with Gasteiger partial charge < -0.3 is 10.6 Å². The first-order chi connectivity index (χ1) is 10.6. The molecule has 118 valence electrons. The molecule has 0 spiro atoms. The molecule has 0 bridgehead atoms. The van der Waals surface area contributed by atoms with Crippen LogP contribution in [0.2, 0.25) is 5.02 Å². The number of rotatable bonds is 3. The van der Waals surface area contributed by atoms with E-state index in [1.807, 2.05) is 24.3 Å². The first-order valence-electron chi connectivity index (χ1n) is 7.95. The molecule has 2 fully saturated rings. The van der Waals surface area contributed by atoms with Crippen molar-refractivity contribution in [3.8, 4) is 0 Å². The molecule has 1 saturated carbocycles. The van der Waals surface area contributed by atoms with E-state index < -0.39 is 0 Å². The molecule has 22 heavy (non-hydrogen) atoms. The highest BCUT2D eigenvalue weighted by Gasteiger charge is 2.41. The molecule has 2 amide bonds. The number of carbonyl (C=O) groups excluding carboxylic acids is 2. The lowest BCUT2D eigenvalue weighted by Gasteiger charge is -2.40. The zero-order chi connectivity index (χ0) is 15.5. The van der Waals surface area contributed by atoms with E-state index in [2.05, 4.69) is 10.6 Å². The summed E-state index contributed by atoms with van der Waals surface area (Å²) < 4.78 is 0. The molecule has 1 aliphatic heterocycles.